The molecule has 2 aromatic rings. The first-order valence-electron chi connectivity index (χ1n) is 8.07. The van der Waals surface area contributed by atoms with Gasteiger partial charge in [-0.2, -0.15) is 0 Å². The number of methoxy groups -OCH3 is 1. The second-order valence-electron chi connectivity index (χ2n) is 5.87. The molecule has 4 nitrogen and oxygen atoms in total. The summed E-state index contributed by atoms with van der Waals surface area (Å²) in [6.45, 7) is 4.35. The summed E-state index contributed by atoms with van der Waals surface area (Å²) >= 11 is 1.34. The van der Waals surface area contributed by atoms with Crippen molar-refractivity contribution in [3.63, 3.8) is 0 Å². The van der Waals surface area contributed by atoms with E-state index in [2.05, 4.69) is 0 Å². The van der Waals surface area contributed by atoms with Crippen molar-refractivity contribution in [1.29, 1.82) is 0 Å². The van der Waals surface area contributed by atoms with Crippen LogP contribution in [0.4, 0.5) is 0 Å². The Kier molecular flexibility index (Phi) is 6.65. The fraction of sp³-hybridized carbons (Fsp3) is 0.300. The van der Waals surface area contributed by atoms with Gasteiger partial charge in [0, 0.05) is 18.5 Å². The molecule has 25 heavy (non-hydrogen) atoms. The molecule has 0 saturated carbocycles. The number of hydrogen-bond acceptors (Lipinski definition) is 4. The zero-order valence-corrected chi connectivity index (χ0v) is 15.8. The van der Waals surface area contributed by atoms with E-state index in [1.54, 1.807) is 24.9 Å². The number of rotatable bonds is 6. The van der Waals surface area contributed by atoms with Gasteiger partial charge in [-0.3, -0.25) is 9.59 Å². The lowest BCUT2D eigenvalue weighted by Crippen LogP contribution is -2.27. The minimum atomic E-state index is -0.374. The molecule has 1 atom stereocenters. The van der Waals surface area contributed by atoms with Crippen LogP contribution in [0.15, 0.2) is 53.4 Å². The quantitative estimate of drug-likeness (QED) is 0.581. The summed E-state index contributed by atoms with van der Waals surface area (Å²) in [6.07, 6.45) is 0. The van der Waals surface area contributed by atoms with Crippen molar-refractivity contribution in [3.8, 4) is 0 Å². The lowest BCUT2D eigenvalue weighted by atomic mass is 10.1. The van der Waals surface area contributed by atoms with E-state index in [0.29, 0.717) is 12.1 Å². The first-order valence-corrected chi connectivity index (χ1v) is 8.95. The molecule has 0 aromatic heterocycles. The Balaban J connectivity index is 2.18. The van der Waals surface area contributed by atoms with Gasteiger partial charge in [-0.15, -0.1) is 11.8 Å². The first-order chi connectivity index (χ1) is 11.9. The number of thioether (sulfide) groups is 1. The average molecular weight is 357 g/mol. The molecule has 0 bridgehead atoms. The van der Waals surface area contributed by atoms with E-state index >= 15 is 0 Å². The van der Waals surface area contributed by atoms with E-state index in [4.69, 9.17) is 4.74 Å². The van der Waals surface area contributed by atoms with Crippen molar-refractivity contribution >= 4 is 23.6 Å². The van der Waals surface area contributed by atoms with E-state index in [-0.39, 0.29) is 17.1 Å². The Morgan fingerprint density at radius 3 is 2.44 bits per heavy atom. The van der Waals surface area contributed by atoms with Gasteiger partial charge in [-0.25, -0.2) is 0 Å². The fourth-order valence-electron chi connectivity index (χ4n) is 2.47. The third-order valence-electron chi connectivity index (χ3n) is 3.97. The highest BCUT2D eigenvalue weighted by atomic mass is 32.2. The molecule has 2 rings (SSSR count). The minimum absolute atomic E-state index is 0.0663. The SMILES string of the molecule is COC(=O)C(C)Sc1ccccc1C(=O)N(C)Cc1ccccc1C. The zero-order valence-electron chi connectivity index (χ0n) is 15.0. The van der Waals surface area contributed by atoms with Gasteiger partial charge in [0.25, 0.3) is 5.91 Å². The summed E-state index contributed by atoms with van der Waals surface area (Å²) in [5.74, 6) is -0.371. The summed E-state index contributed by atoms with van der Waals surface area (Å²) in [7, 11) is 3.16. The van der Waals surface area contributed by atoms with Crippen LogP contribution >= 0.6 is 11.8 Å². The molecule has 0 aliphatic carbocycles. The number of carbonyl (C=O) groups excluding carboxylic acids is 2. The predicted octanol–water partition coefficient (Wildman–Crippen LogP) is 3.92. The molecular formula is C20H23NO3S. The van der Waals surface area contributed by atoms with Gasteiger partial charge in [-0.1, -0.05) is 36.4 Å². The Hall–Kier alpha value is -2.27. The van der Waals surface area contributed by atoms with E-state index in [1.165, 1.54) is 18.9 Å². The van der Waals surface area contributed by atoms with Gasteiger partial charge < -0.3 is 9.64 Å². The molecule has 5 heteroatoms. The zero-order chi connectivity index (χ0) is 18.4. The number of carbonyl (C=O) groups is 2. The number of benzene rings is 2. The summed E-state index contributed by atoms with van der Waals surface area (Å²) in [6, 6.07) is 15.4. The summed E-state index contributed by atoms with van der Waals surface area (Å²) in [5.41, 5.74) is 2.87. The van der Waals surface area contributed by atoms with Gasteiger partial charge >= 0.3 is 5.97 Å². The molecule has 0 aliphatic rings. The third-order valence-corrected chi connectivity index (χ3v) is 5.13. The third kappa shape index (κ3) is 4.86. The minimum Gasteiger partial charge on any atom is -0.468 e. The summed E-state index contributed by atoms with van der Waals surface area (Å²) in [5, 5.41) is -0.374. The van der Waals surface area contributed by atoms with Crippen molar-refractivity contribution in [2.24, 2.45) is 0 Å². The van der Waals surface area contributed by atoms with Crippen LogP contribution in [0, 0.1) is 6.92 Å². The molecule has 1 unspecified atom stereocenters. The monoisotopic (exact) mass is 357 g/mol. The number of ether oxygens (including phenoxy) is 1. The van der Waals surface area contributed by atoms with Crippen molar-refractivity contribution in [2.75, 3.05) is 14.2 Å². The highest BCUT2D eigenvalue weighted by molar-refractivity contribution is 8.00. The maximum Gasteiger partial charge on any atom is 0.318 e. The van der Waals surface area contributed by atoms with Crippen molar-refractivity contribution in [2.45, 2.75) is 30.5 Å². The van der Waals surface area contributed by atoms with E-state index < -0.39 is 0 Å². The Morgan fingerprint density at radius 2 is 1.76 bits per heavy atom. The Bertz CT molecular complexity index is 760. The number of amides is 1. The maximum atomic E-state index is 12.9. The van der Waals surface area contributed by atoms with Crippen molar-refractivity contribution in [3.05, 3.63) is 65.2 Å². The summed E-state index contributed by atoms with van der Waals surface area (Å²) in [4.78, 5) is 27.0. The molecule has 0 aliphatic heterocycles. The van der Waals surface area contributed by atoms with Crippen molar-refractivity contribution < 1.29 is 14.3 Å². The van der Waals surface area contributed by atoms with Gasteiger partial charge in [0.05, 0.1) is 12.7 Å². The average Bonchev–Trinajstić information content (AvgIpc) is 2.62. The van der Waals surface area contributed by atoms with Gasteiger partial charge in [0.15, 0.2) is 0 Å². The van der Waals surface area contributed by atoms with E-state index in [0.717, 1.165) is 16.0 Å². The summed E-state index contributed by atoms with van der Waals surface area (Å²) < 4.78 is 4.77. The second kappa shape index (κ2) is 8.72. The number of hydrogen-bond donors (Lipinski definition) is 0. The van der Waals surface area contributed by atoms with Crippen LogP contribution in [0.3, 0.4) is 0 Å². The van der Waals surface area contributed by atoms with Crippen LogP contribution in [0.25, 0.3) is 0 Å². The molecule has 0 spiro atoms. The topological polar surface area (TPSA) is 46.6 Å². The number of esters is 1. The van der Waals surface area contributed by atoms with Gasteiger partial charge in [0.1, 0.15) is 5.25 Å². The normalized spacial score (nSPS) is 11.7. The molecule has 132 valence electrons. The molecule has 0 radical (unpaired) electrons. The lowest BCUT2D eigenvalue weighted by Gasteiger charge is -2.20. The van der Waals surface area contributed by atoms with Crippen LogP contribution in [0.2, 0.25) is 0 Å². The molecule has 2 aromatic carbocycles. The smallest absolute Gasteiger partial charge is 0.318 e. The predicted molar refractivity (Wildman–Crippen MR) is 101 cm³/mol. The van der Waals surface area contributed by atoms with Gasteiger partial charge in [-0.05, 0) is 37.1 Å². The number of nitrogens with zero attached hydrogens (tertiary/aromatic N) is 1. The molecular weight excluding hydrogens is 334 g/mol. The van der Waals surface area contributed by atoms with Crippen LogP contribution in [-0.4, -0.2) is 36.2 Å². The van der Waals surface area contributed by atoms with E-state index in [1.807, 2.05) is 49.4 Å². The molecule has 0 N–H and O–H groups in total. The first kappa shape index (κ1) is 19.1. The Morgan fingerprint density at radius 1 is 1.12 bits per heavy atom. The molecule has 1 amide bonds. The molecule has 0 heterocycles. The Labute approximate surface area is 153 Å². The highest BCUT2D eigenvalue weighted by Gasteiger charge is 2.21. The van der Waals surface area contributed by atoms with Gasteiger partial charge in [0.2, 0.25) is 0 Å². The fourth-order valence-corrected chi connectivity index (χ4v) is 3.48. The standard InChI is InChI=1S/C20H23NO3S/c1-14-9-5-6-10-16(14)13-21(3)19(22)17-11-7-8-12-18(17)25-15(2)20(23)24-4/h5-12,15H,13H2,1-4H3. The van der Waals surface area contributed by atoms with Crippen LogP contribution in [0.1, 0.15) is 28.4 Å². The molecule has 0 saturated heterocycles. The van der Waals surface area contributed by atoms with E-state index in [9.17, 15) is 9.59 Å². The number of aryl methyl sites for hydroxylation is 1. The lowest BCUT2D eigenvalue weighted by molar-refractivity contribution is -0.139. The van der Waals surface area contributed by atoms with Crippen LogP contribution in [0.5, 0.6) is 0 Å². The van der Waals surface area contributed by atoms with Crippen molar-refractivity contribution in [1.82, 2.24) is 4.90 Å². The van der Waals surface area contributed by atoms with Crippen LogP contribution < -0.4 is 0 Å². The largest absolute Gasteiger partial charge is 0.468 e. The second-order valence-corrected chi connectivity index (χ2v) is 7.25. The van der Waals surface area contributed by atoms with Crippen LogP contribution in [-0.2, 0) is 16.1 Å². The highest BCUT2D eigenvalue weighted by Crippen LogP contribution is 2.28. The molecule has 0 fully saturated rings. The maximum absolute atomic E-state index is 12.9.